The van der Waals surface area contributed by atoms with E-state index in [-0.39, 0.29) is 37.8 Å². The Morgan fingerprint density at radius 3 is 2.15 bits per heavy atom. The Hall–Kier alpha value is -4.56. The first-order valence-corrected chi connectivity index (χ1v) is 17.4. The number of amides is 1. The van der Waals surface area contributed by atoms with Gasteiger partial charge in [0.1, 0.15) is 5.75 Å². The monoisotopic (exact) mass is 768 g/mol. The molecule has 1 aliphatic heterocycles. The van der Waals surface area contributed by atoms with Gasteiger partial charge in [-0.1, -0.05) is 11.2 Å². The molecule has 0 unspecified atom stereocenters. The van der Waals surface area contributed by atoms with Gasteiger partial charge in [-0.25, -0.2) is 4.79 Å². The molecule has 2 heterocycles. The number of ether oxygens (including phenoxy) is 9. The summed E-state index contributed by atoms with van der Waals surface area (Å²) < 4.78 is 49.8. The number of thiophene rings is 1. The second-order valence-corrected chi connectivity index (χ2v) is 12.4. The van der Waals surface area contributed by atoms with E-state index >= 15 is 0 Å². The number of carbonyl (C=O) groups is 5. The number of hydrogen-bond donors (Lipinski definition) is 2. The molecule has 1 saturated heterocycles. The van der Waals surface area contributed by atoms with Crippen LogP contribution in [0.4, 0.5) is 0 Å². The number of azide groups is 1. The first kappa shape index (κ1) is 42.8. The molecule has 0 bridgehead atoms. The third kappa shape index (κ3) is 13.7. The molecule has 0 spiro atoms. The van der Waals surface area contributed by atoms with Crippen LogP contribution in [0.3, 0.4) is 0 Å². The number of benzene rings is 1. The maximum atomic E-state index is 12.8. The highest BCUT2D eigenvalue weighted by atomic mass is 32.1. The summed E-state index contributed by atoms with van der Waals surface area (Å²) in [5.74, 6) is -3.45. The van der Waals surface area contributed by atoms with E-state index in [0.717, 1.165) is 32.8 Å². The highest BCUT2D eigenvalue weighted by Crippen LogP contribution is 2.39. The largest absolute Gasteiger partial charge is 0.467 e. The van der Waals surface area contributed by atoms with E-state index in [0.29, 0.717) is 61.6 Å². The van der Waals surface area contributed by atoms with Crippen LogP contribution < -0.4 is 10.1 Å². The van der Waals surface area contributed by atoms with E-state index in [1.807, 2.05) is 0 Å². The molecule has 0 saturated carbocycles. The Balaban J connectivity index is 1.65. The van der Waals surface area contributed by atoms with Crippen LogP contribution in [-0.4, -0.2) is 125 Å². The summed E-state index contributed by atoms with van der Waals surface area (Å²) in [4.78, 5) is 65.1. The first-order chi connectivity index (χ1) is 25.5. The molecule has 292 valence electrons. The molecule has 53 heavy (non-hydrogen) atoms. The van der Waals surface area contributed by atoms with E-state index in [4.69, 9.17) is 48.2 Å². The van der Waals surface area contributed by atoms with Gasteiger partial charge >= 0.3 is 23.9 Å². The standard InChI is InChI=1S/C33H44N4O15S/c1-19(39)48-27-28(49-20(2)40)30(50-21(3)41)33(52-29(27)32(43)44-4)51-25-7-5-22(18-38)31-24(25)17-23(53-31)6-8-26(42)35-9-11-45-13-15-47-16-14-46-12-10-36-37-34/h5,7,17,27-30,33,38H,6,8-16,18H2,1-4H3,(H,35,42)/t27-,28-,29-,30+,33+/m0/s1. The van der Waals surface area contributed by atoms with Crippen LogP contribution in [0.15, 0.2) is 23.3 Å². The molecule has 19 nitrogen and oxygen atoms in total. The maximum Gasteiger partial charge on any atom is 0.339 e. The molecule has 1 fully saturated rings. The molecular formula is C33H44N4O15S. The van der Waals surface area contributed by atoms with Gasteiger partial charge in [0, 0.05) is 60.2 Å². The van der Waals surface area contributed by atoms with E-state index < -0.39 is 54.6 Å². The van der Waals surface area contributed by atoms with Crippen LogP contribution in [0, 0.1) is 0 Å². The molecule has 1 aliphatic rings. The Bertz CT molecular complexity index is 1600. The molecule has 2 aromatic rings. The molecule has 1 amide bonds. The van der Waals surface area contributed by atoms with Gasteiger partial charge in [0.2, 0.25) is 18.3 Å². The van der Waals surface area contributed by atoms with Gasteiger partial charge < -0.3 is 53.1 Å². The molecule has 0 radical (unpaired) electrons. The van der Waals surface area contributed by atoms with Crippen molar-refractivity contribution in [2.75, 3.05) is 59.8 Å². The van der Waals surface area contributed by atoms with Crippen molar-refractivity contribution >= 4 is 51.2 Å². The van der Waals surface area contributed by atoms with Crippen molar-refractivity contribution in [3.63, 3.8) is 0 Å². The Labute approximate surface area is 308 Å². The third-order valence-corrected chi connectivity index (χ3v) is 8.60. The lowest BCUT2D eigenvalue weighted by molar-refractivity contribution is -0.282. The normalized spacial score (nSPS) is 19.5. The SMILES string of the molecule is COC(=O)[C@H]1O[C@@H](Oc2ccc(CO)c3sc(CCC(=O)NCCOCCOCCOCCN=[N+]=[N-])cc23)[C@H](OC(C)=O)[C@@H](OC(C)=O)[C@@H]1OC(C)=O. The lowest BCUT2D eigenvalue weighted by Crippen LogP contribution is -2.64. The molecule has 0 aliphatic carbocycles. The third-order valence-electron chi connectivity index (χ3n) is 7.33. The molecule has 5 atom stereocenters. The van der Waals surface area contributed by atoms with Crippen LogP contribution in [-0.2, 0) is 74.9 Å². The Morgan fingerprint density at radius 1 is 0.906 bits per heavy atom. The van der Waals surface area contributed by atoms with Crippen LogP contribution in [0.2, 0.25) is 0 Å². The summed E-state index contributed by atoms with van der Waals surface area (Å²) in [6, 6.07) is 4.94. The number of esters is 4. The van der Waals surface area contributed by atoms with Crippen molar-refractivity contribution in [3.8, 4) is 5.75 Å². The Morgan fingerprint density at radius 2 is 1.53 bits per heavy atom. The van der Waals surface area contributed by atoms with Crippen LogP contribution in [0.5, 0.6) is 5.75 Å². The van der Waals surface area contributed by atoms with E-state index in [1.54, 1.807) is 18.2 Å². The number of aryl methyl sites for hydroxylation is 1. The van der Waals surface area contributed by atoms with Crippen molar-refractivity contribution in [2.45, 2.75) is 70.9 Å². The smallest absolute Gasteiger partial charge is 0.339 e. The fourth-order valence-electron chi connectivity index (χ4n) is 5.14. The second kappa shape index (κ2) is 22.5. The number of aliphatic hydroxyl groups excluding tert-OH is 1. The second-order valence-electron chi connectivity index (χ2n) is 11.3. The zero-order valence-corrected chi connectivity index (χ0v) is 30.6. The van der Waals surface area contributed by atoms with Gasteiger partial charge in [0.15, 0.2) is 18.3 Å². The van der Waals surface area contributed by atoms with Gasteiger partial charge in [0.05, 0.1) is 53.4 Å². The zero-order valence-electron chi connectivity index (χ0n) is 29.8. The van der Waals surface area contributed by atoms with E-state index in [1.165, 1.54) is 11.3 Å². The van der Waals surface area contributed by atoms with Crippen molar-refractivity contribution in [1.82, 2.24) is 5.32 Å². The number of carbonyl (C=O) groups excluding carboxylic acids is 5. The van der Waals surface area contributed by atoms with Crippen molar-refractivity contribution in [2.24, 2.45) is 5.11 Å². The minimum Gasteiger partial charge on any atom is -0.467 e. The molecular weight excluding hydrogens is 724 g/mol. The molecule has 1 aromatic heterocycles. The molecule has 3 rings (SSSR count). The zero-order chi connectivity index (χ0) is 38.8. The van der Waals surface area contributed by atoms with Crippen LogP contribution in [0.1, 0.15) is 37.6 Å². The van der Waals surface area contributed by atoms with Gasteiger partial charge in [-0.3, -0.25) is 19.2 Å². The fourth-order valence-corrected chi connectivity index (χ4v) is 6.31. The number of hydrogen-bond acceptors (Lipinski definition) is 17. The lowest BCUT2D eigenvalue weighted by atomic mass is 9.97. The minimum absolute atomic E-state index is 0.156. The molecule has 20 heteroatoms. The average molecular weight is 769 g/mol. The van der Waals surface area contributed by atoms with Crippen molar-refractivity contribution < 1.29 is 71.7 Å². The number of aliphatic hydroxyl groups is 1. The summed E-state index contributed by atoms with van der Waals surface area (Å²) in [5, 5.41) is 16.7. The lowest BCUT2D eigenvalue weighted by Gasteiger charge is -2.43. The summed E-state index contributed by atoms with van der Waals surface area (Å²) in [7, 11) is 1.08. The number of nitrogens with zero attached hydrogens (tertiary/aromatic N) is 3. The summed E-state index contributed by atoms with van der Waals surface area (Å²) in [6.45, 7) is 5.56. The predicted molar refractivity (Wildman–Crippen MR) is 184 cm³/mol. The predicted octanol–water partition coefficient (Wildman–Crippen LogP) is 1.87. The highest BCUT2D eigenvalue weighted by Gasteiger charge is 2.56. The average Bonchev–Trinajstić information content (AvgIpc) is 3.55. The number of methoxy groups -OCH3 is 1. The van der Waals surface area contributed by atoms with Gasteiger partial charge in [0.25, 0.3) is 0 Å². The van der Waals surface area contributed by atoms with Crippen molar-refractivity contribution in [3.05, 3.63) is 39.1 Å². The Kier molecular flexibility index (Phi) is 18.2. The quantitative estimate of drug-likeness (QED) is 0.0433. The molecule has 1 aromatic carbocycles. The van der Waals surface area contributed by atoms with Crippen LogP contribution in [0.25, 0.3) is 20.5 Å². The van der Waals surface area contributed by atoms with E-state index in [2.05, 4.69) is 15.3 Å². The summed E-state index contributed by atoms with van der Waals surface area (Å²) >= 11 is 1.34. The van der Waals surface area contributed by atoms with Gasteiger partial charge in [-0.15, -0.1) is 11.3 Å². The van der Waals surface area contributed by atoms with Gasteiger partial charge in [-0.05, 0) is 29.6 Å². The summed E-state index contributed by atoms with van der Waals surface area (Å²) in [5.41, 5.74) is 8.78. The fraction of sp³-hybridized carbons (Fsp3) is 0.606. The van der Waals surface area contributed by atoms with Crippen LogP contribution >= 0.6 is 11.3 Å². The first-order valence-electron chi connectivity index (χ1n) is 16.6. The topological polar surface area (TPSA) is 249 Å². The summed E-state index contributed by atoms with van der Waals surface area (Å²) in [6.07, 6.45) is -7.28. The van der Waals surface area contributed by atoms with Crippen molar-refractivity contribution in [1.29, 1.82) is 0 Å². The van der Waals surface area contributed by atoms with E-state index in [9.17, 15) is 29.1 Å². The number of fused-ring (bicyclic) bond motifs is 1. The minimum atomic E-state index is -1.64. The molecule has 2 N–H and O–H groups in total. The number of rotatable bonds is 22. The highest BCUT2D eigenvalue weighted by molar-refractivity contribution is 7.19. The van der Waals surface area contributed by atoms with Gasteiger partial charge in [-0.2, -0.15) is 0 Å². The maximum absolute atomic E-state index is 12.8. The number of nitrogens with one attached hydrogen (secondary N) is 1.